The fourth-order valence-corrected chi connectivity index (χ4v) is 2.14. The first kappa shape index (κ1) is 14.0. The lowest BCUT2D eigenvalue weighted by Gasteiger charge is -2.14. The van der Waals surface area contributed by atoms with Gasteiger partial charge in [0.2, 0.25) is 0 Å². The van der Waals surface area contributed by atoms with E-state index in [0.717, 1.165) is 10.0 Å². The molecule has 0 fully saturated rings. The zero-order chi connectivity index (χ0) is 13.8. The molecule has 0 spiro atoms. The van der Waals surface area contributed by atoms with Crippen molar-refractivity contribution in [3.63, 3.8) is 0 Å². The molecule has 2 nitrogen and oxygen atoms in total. The molecule has 0 aliphatic rings. The number of halogens is 2. The van der Waals surface area contributed by atoms with Crippen LogP contribution in [0.25, 0.3) is 0 Å². The topological polar surface area (TPSA) is 29.5 Å². The molecule has 4 heteroatoms. The van der Waals surface area contributed by atoms with Crippen LogP contribution < -0.4 is 4.74 Å². The van der Waals surface area contributed by atoms with Crippen molar-refractivity contribution in [3.05, 3.63) is 63.9 Å². The van der Waals surface area contributed by atoms with Crippen molar-refractivity contribution in [3.8, 4) is 5.75 Å². The summed E-state index contributed by atoms with van der Waals surface area (Å²) in [6, 6.07) is 11.7. The molecule has 2 aromatic carbocycles. The molecule has 2 aromatic rings. The second-order valence-corrected chi connectivity index (χ2v) is 5.19. The van der Waals surface area contributed by atoms with Crippen molar-refractivity contribution in [1.29, 1.82) is 0 Å². The number of aliphatic hydroxyl groups excluding tert-OH is 1. The molecule has 19 heavy (non-hydrogen) atoms. The molecular formula is C15H14BrFO2. The summed E-state index contributed by atoms with van der Waals surface area (Å²) in [4.78, 5) is 0. The predicted octanol–water partition coefficient (Wildman–Crippen LogP) is 4.22. The van der Waals surface area contributed by atoms with Crippen molar-refractivity contribution in [2.24, 2.45) is 0 Å². The number of aliphatic hydroxyl groups is 1. The normalized spacial score (nSPS) is 12.2. The Morgan fingerprint density at radius 2 is 2.05 bits per heavy atom. The summed E-state index contributed by atoms with van der Waals surface area (Å²) >= 11 is 3.35. The summed E-state index contributed by atoms with van der Waals surface area (Å²) in [5.41, 5.74) is 1.45. The third kappa shape index (κ3) is 3.78. The van der Waals surface area contributed by atoms with Gasteiger partial charge >= 0.3 is 0 Å². The average molecular weight is 325 g/mol. The molecular weight excluding hydrogens is 311 g/mol. The monoisotopic (exact) mass is 324 g/mol. The van der Waals surface area contributed by atoms with Crippen LogP contribution in [0.5, 0.6) is 5.75 Å². The van der Waals surface area contributed by atoms with Crippen molar-refractivity contribution >= 4 is 15.9 Å². The van der Waals surface area contributed by atoms with Crippen LogP contribution in [0.15, 0.2) is 46.9 Å². The Labute approximate surface area is 120 Å². The number of benzene rings is 2. The largest absolute Gasteiger partial charge is 0.489 e. The highest BCUT2D eigenvalue weighted by Gasteiger charge is 2.10. The molecule has 1 N–H and O–H groups in total. The molecule has 0 amide bonds. The van der Waals surface area contributed by atoms with Gasteiger partial charge in [-0.3, -0.25) is 0 Å². The van der Waals surface area contributed by atoms with Crippen molar-refractivity contribution < 1.29 is 14.2 Å². The van der Waals surface area contributed by atoms with Crippen LogP contribution in [-0.2, 0) is 6.61 Å². The molecule has 0 saturated carbocycles. The molecule has 0 aromatic heterocycles. The highest BCUT2D eigenvalue weighted by molar-refractivity contribution is 9.10. The number of ether oxygens (including phenoxy) is 1. The van der Waals surface area contributed by atoms with E-state index in [1.54, 1.807) is 25.1 Å². The minimum Gasteiger partial charge on any atom is -0.489 e. The summed E-state index contributed by atoms with van der Waals surface area (Å²) in [5, 5.41) is 9.71. The molecule has 0 aliphatic carbocycles. The van der Waals surface area contributed by atoms with Gasteiger partial charge in [-0.15, -0.1) is 0 Å². The first-order valence-electron chi connectivity index (χ1n) is 5.91. The van der Waals surface area contributed by atoms with E-state index in [1.807, 2.05) is 12.1 Å². The van der Waals surface area contributed by atoms with Crippen LogP contribution in [0, 0.1) is 5.82 Å². The standard InChI is InChI=1S/C15H14BrFO2/c1-10(18)14-8-12(16)5-6-15(14)19-9-11-3-2-4-13(17)7-11/h2-8,10,18H,9H2,1H3/t10-/m0/s1. The average Bonchev–Trinajstić information content (AvgIpc) is 2.37. The summed E-state index contributed by atoms with van der Waals surface area (Å²) in [6.45, 7) is 1.94. The van der Waals surface area contributed by atoms with Gasteiger partial charge in [-0.25, -0.2) is 4.39 Å². The second kappa shape index (κ2) is 6.17. The summed E-state index contributed by atoms with van der Waals surface area (Å²) in [5.74, 6) is 0.315. The Morgan fingerprint density at radius 3 is 2.74 bits per heavy atom. The van der Waals surface area contributed by atoms with Crippen molar-refractivity contribution in [2.75, 3.05) is 0 Å². The van der Waals surface area contributed by atoms with Gasteiger partial charge in [0, 0.05) is 10.0 Å². The minimum atomic E-state index is -0.625. The molecule has 0 aliphatic heterocycles. The third-order valence-corrected chi connectivity index (χ3v) is 3.20. The Bertz CT molecular complexity index is 570. The molecule has 100 valence electrons. The van der Waals surface area contributed by atoms with E-state index in [0.29, 0.717) is 11.3 Å². The van der Waals surface area contributed by atoms with E-state index in [4.69, 9.17) is 4.74 Å². The van der Waals surface area contributed by atoms with E-state index in [-0.39, 0.29) is 12.4 Å². The Kier molecular flexibility index (Phi) is 4.56. The molecule has 0 unspecified atom stereocenters. The van der Waals surface area contributed by atoms with Crippen molar-refractivity contribution in [2.45, 2.75) is 19.6 Å². The third-order valence-electron chi connectivity index (χ3n) is 2.71. The molecule has 0 heterocycles. The van der Waals surface area contributed by atoms with Crippen LogP contribution in [-0.4, -0.2) is 5.11 Å². The Morgan fingerprint density at radius 1 is 1.26 bits per heavy atom. The van der Waals surface area contributed by atoms with Gasteiger partial charge in [-0.05, 0) is 42.8 Å². The van der Waals surface area contributed by atoms with E-state index in [2.05, 4.69) is 15.9 Å². The zero-order valence-electron chi connectivity index (χ0n) is 10.4. The molecule has 2 rings (SSSR count). The van der Waals surface area contributed by atoms with Gasteiger partial charge in [0.05, 0.1) is 6.10 Å². The maximum atomic E-state index is 13.1. The summed E-state index contributed by atoms with van der Waals surface area (Å²) in [6.07, 6.45) is -0.625. The van der Waals surface area contributed by atoms with E-state index >= 15 is 0 Å². The van der Waals surface area contributed by atoms with E-state index in [1.165, 1.54) is 12.1 Å². The van der Waals surface area contributed by atoms with Crippen LogP contribution in [0.2, 0.25) is 0 Å². The van der Waals surface area contributed by atoms with Gasteiger partial charge in [0.15, 0.2) is 0 Å². The van der Waals surface area contributed by atoms with Crippen LogP contribution >= 0.6 is 15.9 Å². The number of hydrogen-bond acceptors (Lipinski definition) is 2. The van der Waals surface area contributed by atoms with Crippen molar-refractivity contribution in [1.82, 2.24) is 0 Å². The maximum absolute atomic E-state index is 13.1. The summed E-state index contributed by atoms with van der Waals surface area (Å²) in [7, 11) is 0. The maximum Gasteiger partial charge on any atom is 0.125 e. The van der Waals surface area contributed by atoms with E-state index in [9.17, 15) is 9.50 Å². The van der Waals surface area contributed by atoms with E-state index < -0.39 is 6.10 Å². The van der Waals surface area contributed by atoms with Gasteiger partial charge in [-0.2, -0.15) is 0 Å². The minimum absolute atomic E-state index is 0.263. The van der Waals surface area contributed by atoms with Gasteiger partial charge < -0.3 is 9.84 Å². The van der Waals surface area contributed by atoms with Crippen LogP contribution in [0.4, 0.5) is 4.39 Å². The Hall–Kier alpha value is -1.39. The lowest BCUT2D eigenvalue weighted by atomic mass is 10.1. The lowest BCUT2D eigenvalue weighted by Crippen LogP contribution is -2.01. The zero-order valence-corrected chi connectivity index (χ0v) is 12.0. The van der Waals surface area contributed by atoms with Gasteiger partial charge in [0.1, 0.15) is 18.2 Å². The SMILES string of the molecule is C[C@H](O)c1cc(Br)ccc1OCc1cccc(F)c1. The first-order chi connectivity index (χ1) is 9.06. The lowest BCUT2D eigenvalue weighted by molar-refractivity contribution is 0.190. The quantitative estimate of drug-likeness (QED) is 0.912. The molecule has 1 atom stereocenters. The fraction of sp³-hybridized carbons (Fsp3) is 0.200. The summed E-state index contributed by atoms with van der Waals surface area (Å²) < 4.78 is 19.6. The number of hydrogen-bond donors (Lipinski definition) is 1. The predicted molar refractivity (Wildman–Crippen MR) is 75.5 cm³/mol. The molecule has 0 saturated heterocycles. The van der Waals surface area contributed by atoms with Gasteiger partial charge in [0.25, 0.3) is 0 Å². The molecule has 0 radical (unpaired) electrons. The highest BCUT2D eigenvalue weighted by Crippen LogP contribution is 2.29. The fourth-order valence-electron chi connectivity index (χ4n) is 1.77. The highest BCUT2D eigenvalue weighted by atomic mass is 79.9. The first-order valence-corrected chi connectivity index (χ1v) is 6.70. The molecule has 0 bridgehead atoms. The smallest absolute Gasteiger partial charge is 0.125 e. The van der Waals surface area contributed by atoms with Crippen LogP contribution in [0.1, 0.15) is 24.2 Å². The van der Waals surface area contributed by atoms with Crippen LogP contribution in [0.3, 0.4) is 0 Å². The second-order valence-electron chi connectivity index (χ2n) is 4.28. The number of rotatable bonds is 4. The van der Waals surface area contributed by atoms with Gasteiger partial charge in [-0.1, -0.05) is 28.1 Å². The Balaban J connectivity index is 2.15.